The molecule has 0 amide bonds. The number of morpholine rings is 1. The highest BCUT2D eigenvalue weighted by atomic mass is 35.5. The molecule has 2 rings (SSSR count). The predicted molar refractivity (Wildman–Crippen MR) is 84.7 cm³/mol. The van der Waals surface area contributed by atoms with Gasteiger partial charge in [-0.1, -0.05) is 23.2 Å². The molecule has 112 valence electrons. The third-order valence-electron chi connectivity index (χ3n) is 3.74. The molecule has 0 bridgehead atoms. The van der Waals surface area contributed by atoms with Gasteiger partial charge in [-0.05, 0) is 44.7 Å². The van der Waals surface area contributed by atoms with E-state index in [2.05, 4.69) is 24.1 Å². The zero-order valence-electron chi connectivity index (χ0n) is 12.2. The average Bonchev–Trinajstić information content (AvgIpc) is 2.42. The minimum absolute atomic E-state index is 0.0760. The van der Waals surface area contributed by atoms with Gasteiger partial charge >= 0.3 is 0 Å². The summed E-state index contributed by atoms with van der Waals surface area (Å²) in [6.07, 6.45) is 0.0760. The van der Waals surface area contributed by atoms with Gasteiger partial charge in [0.2, 0.25) is 0 Å². The summed E-state index contributed by atoms with van der Waals surface area (Å²) < 4.78 is 5.95. The maximum Gasteiger partial charge on any atom is 0.0897 e. The minimum atomic E-state index is 0.0760. The Morgan fingerprint density at radius 2 is 2.15 bits per heavy atom. The van der Waals surface area contributed by atoms with Gasteiger partial charge in [0.1, 0.15) is 0 Å². The first kappa shape index (κ1) is 16.1. The van der Waals surface area contributed by atoms with Crippen LogP contribution in [-0.2, 0) is 4.74 Å². The van der Waals surface area contributed by atoms with Crippen molar-refractivity contribution in [3.05, 3.63) is 33.8 Å². The lowest BCUT2D eigenvalue weighted by Crippen LogP contribution is -2.51. The molecule has 1 heterocycles. The van der Waals surface area contributed by atoms with Crippen molar-refractivity contribution in [3.8, 4) is 0 Å². The van der Waals surface area contributed by atoms with Gasteiger partial charge in [-0.25, -0.2) is 0 Å². The first-order valence-corrected chi connectivity index (χ1v) is 7.77. The molecule has 0 aliphatic carbocycles. The summed E-state index contributed by atoms with van der Waals surface area (Å²) in [5.74, 6) is 0. The molecule has 0 aromatic heterocycles. The van der Waals surface area contributed by atoms with Crippen molar-refractivity contribution in [3.63, 3.8) is 0 Å². The molecule has 20 heavy (non-hydrogen) atoms. The van der Waals surface area contributed by atoms with Crippen molar-refractivity contribution in [1.29, 1.82) is 0 Å². The maximum atomic E-state index is 6.40. The highest BCUT2D eigenvalue weighted by molar-refractivity contribution is 6.33. The molecule has 1 N–H and O–H groups in total. The van der Waals surface area contributed by atoms with E-state index in [1.807, 2.05) is 25.2 Å². The first-order valence-electron chi connectivity index (χ1n) is 7.01. The van der Waals surface area contributed by atoms with E-state index in [0.29, 0.717) is 11.1 Å². The van der Waals surface area contributed by atoms with Crippen molar-refractivity contribution in [2.75, 3.05) is 26.7 Å². The average molecular weight is 317 g/mol. The third kappa shape index (κ3) is 3.46. The van der Waals surface area contributed by atoms with Crippen LogP contribution < -0.4 is 5.32 Å². The Morgan fingerprint density at radius 1 is 1.40 bits per heavy atom. The summed E-state index contributed by atoms with van der Waals surface area (Å²) in [7, 11) is 1.94. The molecule has 0 spiro atoms. The van der Waals surface area contributed by atoms with Crippen LogP contribution in [-0.4, -0.2) is 43.8 Å². The lowest BCUT2D eigenvalue weighted by atomic mass is 9.96. The Hall–Kier alpha value is -0.320. The summed E-state index contributed by atoms with van der Waals surface area (Å²) in [4.78, 5) is 2.43. The van der Waals surface area contributed by atoms with Gasteiger partial charge in [-0.2, -0.15) is 0 Å². The second kappa shape index (κ2) is 7.10. The van der Waals surface area contributed by atoms with Gasteiger partial charge < -0.3 is 10.1 Å². The quantitative estimate of drug-likeness (QED) is 0.921. The number of nitrogens with one attached hydrogen (secondary N) is 1. The van der Waals surface area contributed by atoms with Crippen LogP contribution in [0.3, 0.4) is 0 Å². The molecule has 3 nitrogen and oxygen atoms in total. The van der Waals surface area contributed by atoms with E-state index >= 15 is 0 Å². The van der Waals surface area contributed by atoms with Gasteiger partial charge in [-0.3, -0.25) is 4.90 Å². The number of hydrogen-bond donors (Lipinski definition) is 1. The lowest BCUT2D eigenvalue weighted by Gasteiger charge is -2.44. The topological polar surface area (TPSA) is 24.5 Å². The second-order valence-electron chi connectivity index (χ2n) is 5.41. The fraction of sp³-hybridized carbons (Fsp3) is 0.600. The largest absolute Gasteiger partial charge is 0.374 e. The zero-order valence-corrected chi connectivity index (χ0v) is 13.7. The van der Waals surface area contributed by atoms with Crippen molar-refractivity contribution < 1.29 is 4.74 Å². The number of halogens is 2. The Balaban J connectivity index is 2.40. The highest BCUT2D eigenvalue weighted by Gasteiger charge is 2.35. The Bertz CT molecular complexity index is 451. The molecule has 0 radical (unpaired) electrons. The number of nitrogens with zero attached hydrogens (tertiary/aromatic N) is 1. The normalized spacial score (nSPS) is 24.3. The van der Waals surface area contributed by atoms with E-state index < -0.39 is 0 Å². The van der Waals surface area contributed by atoms with Crippen molar-refractivity contribution in [2.24, 2.45) is 0 Å². The predicted octanol–water partition coefficient (Wildman–Crippen LogP) is 3.36. The van der Waals surface area contributed by atoms with Gasteiger partial charge in [0.05, 0.1) is 18.8 Å². The molecule has 1 fully saturated rings. The van der Waals surface area contributed by atoms with Gasteiger partial charge in [0.15, 0.2) is 0 Å². The fourth-order valence-corrected chi connectivity index (χ4v) is 3.23. The van der Waals surface area contributed by atoms with E-state index in [1.54, 1.807) is 0 Å². The van der Waals surface area contributed by atoms with Crippen LogP contribution in [0.1, 0.15) is 25.5 Å². The summed E-state index contributed by atoms with van der Waals surface area (Å²) in [5.41, 5.74) is 1.05. The summed E-state index contributed by atoms with van der Waals surface area (Å²) >= 11 is 12.6. The molecular weight excluding hydrogens is 295 g/mol. The van der Waals surface area contributed by atoms with Crippen LogP contribution >= 0.6 is 23.2 Å². The van der Waals surface area contributed by atoms with Gasteiger partial charge in [0, 0.05) is 29.2 Å². The van der Waals surface area contributed by atoms with Gasteiger partial charge in [0.25, 0.3) is 0 Å². The number of benzene rings is 1. The first-order chi connectivity index (χ1) is 9.54. The molecule has 1 aliphatic rings. The number of rotatable bonds is 4. The summed E-state index contributed by atoms with van der Waals surface area (Å²) in [6, 6.07) is 6.20. The maximum absolute atomic E-state index is 6.40. The van der Waals surface area contributed by atoms with Crippen molar-refractivity contribution in [2.45, 2.75) is 32.0 Å². The fourth-order valence-electron chi connectivity index (χ4n) is 2.82. The standard InChI is InChI=1S/C15H22Cl2N2O/c1-10(2)19-6-7-20-14(9-18-3)15(19)12-8-11(16)4-5-13(12)17/h4-5,8,10,14-15,18H,6-7,9H2,1-3H3. The number of likely N-dealkylation sites (N-methyl/N-ethyl adjacent to an activating group) is 1. The van der Waals surface area contributed by atoms with Crippen LogP contribution in [0.4, 0.5) is 0 Å². The van der Waals surface area contributed by atoms with Crippen LogP contribution in [0.15, 0.2) is 18.2 Å². The molecule has 2 atom stereocenters. The molecule has 1 aromatic rings. The van der Waals surface area contributed by atoms with Crippen molar-refractivity contribution in [1.82, 2.24) is 10.2 Å². The van der Waals surface area contributed by atoms with E-state index in [1.165, 1.54) is 0 Å². The number of ether oxygens (including phenoxy) is 1. The smallest absolute Gasteiger partial charge is 0.0897 e. The summed E-state index contributed by atoms with van der Waals surface area (Å²) in [5, 5.41) is 4.66. The number of hydrogen-bond acceptors (Lipinski definition) is 3. The zero-order chi connectivity index (χ0) is 14.7. The van der Waals surface area contributed by atoms with E-state index in [9.17, 15) is 0 Å². The highest BCUT2D eigenvalue weighted by Crippen LogP contribution is 2.36. The van der Waals surface area contributed by atoms with Crippen LogP contribution in [0.2, 0.25) is 10.0 Å². The molecule has 2 unspecified atom stereocenters. The van der Waals surface area contributed by atoms with Gasteiger partial charge in [-0.15, -0.1) is 0 Å². The Labute approximate surface area is 131 Å². The molecule has 0 saturated carbocycles. The lowest BCUT2D eigenvalue weighted by molar-refractivity contribution is -0.0814. The monoisotopic (exact) mass is 316 g/mol. The van der Waals surface area contributed by atoms with E-state index in [0.717, 1.165) is 30.3 Å². The van der Waals surface area contributed by atoms with E-state index in [4.69, 9.17) is 27.9 Å². The van der Waals surface area contributed by atoms with Crippen LogP contribution in [0, 0.1) is 0 Å². The third-order valence-corrected chi connectivity index (χ3v) is 4.32. The molecule has 1 aliphatic heterocycles. The van der Waals surface area contributed by atoms with Crippen LogP contribution in [0.25, 0.3) is 0 Å². The Kier molecular flexibility index (Phi) is 5.70. The summed E-state index contributed by atoms with van der Waals surface area (Å²) in [6.45, 7) is 6.85. The molecular formula is C15H22Cl2N2O. The minimum Gasteiger partial charge on any atom is -0.374 e. The molecule has 1 aromatic carbocycles. The molecule has 5 heteroatoms. The SMILES string of the molecule is CNCC1OCCN(C(C)C)C1c1cc(Cl)ccc1Cl. The van der Waals surface area contributed by atoms with Crippen molar-refractivity contribution >= 4 is 23.2 Å². The molecule has 1 saturated heterocycles. The Morgan fingerprint density at radius 3 is 2.80 bits per heavy atom. The second-order valence-corrected chi connectivity index (χ2v) is 6.25. The van der Waals surface area contributed by atoms with Crippen LogP contribution in [0.5, 0.6) is 0 Å². The van der Waals surface area contributed by atoms with E-state index in [-0.39, 0.29) is 12.1 Å².